The molecular weight excluding hydrogens is 190 g/mol. The second kappa shape index (κ2) is 6.83. The third-order valence-electron chi connectivity index (χ3n) is 2.63. The summed E-state index contributed by atoms with van der Waals surface area (Å²) >= 11 is 0. The van der Waals surface area contributed by atoms with Crippen LogP contribution < -0.4 is 5.32 Å². The lowest BCUT2D eigenvalue weighted by molar-refractivity contribution is -0.127. The highest BCUT2D eigenvalue weighted by Gasteiger charge is 2.23. The van der Waals surface area contributed by atoms with Gasteiger partial charge in [-0.15, -0.1) is 0 Å². The number of nitrogens with one attached hydrogen (secondary N) is 1. The van der Waals surface area contributed by atoms with E-state index in [9.17, 15) is 4.79 Å². The topological polar surface area (TPSA) is 49.3 Å². The molecule has 3 nitrogen and oxygen atoms in total. The number of amides is 1. The predicted molar refractivity (Wildman–Crippen MR) is 62.6 cm³/mol. The van der Waals surface area contributed by atoms with E-state index in [1.165, 1.54) is 0 Å². The number of carbonyl (C=O) groups is 1. The average molecular weight is 215 g/mol. The number of hydrogen-bond donors (Lipinski definition) is 2. The van der Waals surface area contributed by atoms with Gasteiger partial charge in [-0.1, -0.05) is 26.7 Å². The van der Waals surface area contributed by atoms with Crippen LogP contribution in [0.2, 0.25) is 0 Å². The van der Waals surface area contributed by atoms with Gasteiger partial charge in [-0.3, -0.25) is 4.79 Å². The second-order valence-electron chi connectivity index (χ2n) is 4.78. The molecule has 0 aromatic carbocycles. The summed E-state index contributed by atoms with van der Waals surface area (Å²) in [4.78, 5) is 11.8. The first-order valence-corrected chi connectivity index (χ1v) is 5.89. The van der Waals surface area contributed by atoms with Crippen LogP contribution in [0.5, 0.6) is 0 Å². The Morgan fingerprint density at radius 3 is 2.40 bits per heavy atom. The maximum absolute atomic E-state index is 11.8. The van der Waals surface area contributed by atoms with Gasteiger partial charge in [0.1, 0.15) is 0 Å². The molecule has 2 N–H and O–H groups in total. The lowest BCUT2D eigenvalue weighted by Crippen LogP contribution is -2.48. The second-order valence-corrected chi connectivity index (χ2v) is 4.78. The Balaban J connectivity index is 4.15. The maximum atomic E-state index is 11.8. The zero-order chi connectivity index (χ0) is 11.9. The predicted octanol–water partition coefficient (Wildman–Crippen LogP) is 2.09. The van der Waals surface area contributed by atoms with E-state index >= 15 is 0 Å². The molecule has 3 heteroatoms. The maximum Gasteiger partial charge on any atom is 0.223 e. The third-order valence-corrected chi connectivity index (χ3v) is 2.63. The van der Waals surface area contributed by atoms with Gasteiger partial charge >= 0.3 is 0 Å². The summed E-state index contributed by atoms with van der Waals surface area (Å²) < 4.78 is 0. The minimum absolute atomic E-state index is 0.0248. The van der Waals surface area contributed by atoms with Gasteiger partial charge in [-0.05, 0) is 26.7 Å². The molecule has 1 unspecified atom stereocenters. The minimum Gasteiger partial charge on any atom is -0.394 e. The Kier molecular flexibility index (Phi) is 6.57. The fourth-order valence-electron chi connectivity index (χ4n) is 1.45. The summed E-state index contributed by atoms with van der Waals surface area (Å²) in [5.41, 5.74) is -0.503. The molecule has 0 radical (unpaired) electrons. The first kappa shape index (κ1) is 14.4. The summed E-state index contributed by atoms with van der Waals surface area (Å²) in [7, 11) is 0. The van der Waals surface area contributed by atoms with E-state index in [1.54, 1.807) is 0 Å². The lowest BCUT2D eigenvalue weighted by atomic mass is 9.96. The van der Waals surface area contributed by atoms with E-state index in [2.05, 4.69) is 12.2 Å². The van der Waals surface area contributed by atoms with Crippen LogP contribution in [-0.4, -0.2) is 23.2 Å². The highest BCUT2D eigenvalue weighted by Crippen LogP contribution is 2.14. The molecule has 0 aliphatic rings. The van der Waals surface area contributed by atoms with Gasteiger partial charge in [0.2, 0.25) is 5.91 Å². The van der Waals surface area contributed by atoms with Crippen LogP contribution in [0, 0.1) is 5.92 Å². The normalized spacial score (nSPS) is 13.7. The van der Waals surface area contributed by atoms with Gasteiger partial charge < -0.3 is 10.4 Å². The van der Waals surface area contributed by atoms with Crippen molar-refractivity contribution in [2.75, 3.05) is 6.61 Å². The molecule has 0 aliphatic carbocycles. The number of carbonyl (C=O) groups excluding carboxylic acids is 1. The molecule has 90 valence electrons. The van der Waals surface area contributed by atoms with E-state index in [0.717, 1.165) is 25.7 Å². The van der Waals surface area contributed by atoms with Crippen molar-refractivity contribution in [3.8, 4) is 0 Å². The number of hydrogen-bond acceptors (Lipinski definition) is 2. The quantitative estimate of drug-likeness (QED) is 0.683. The van der Waals surface area contributed by atoms with Gasteiger partial charge in [-0.25, -0.2) is 0 Å². The Labute approximate surface area is 93.3 Å². The Morgan fingerprint density at radius 1 is 1.40 bits per heavy atom. The van der Waals surface area contributed by atoms with Gasteiger partial charge in [0.05, 0.1) is 12.1 Å². The van der Waals surface area contributed by atoms with Crippen LogP contribution in [0.15, 0.2) is 0 Å². The molecule has 0 aromatic heterocycles. The average Bonchev–Trinajstić information content (AvgIpc) is 2.18. The Hall–Kier alpha value is -0.570. The fraction of sp³-hybridized carbons (Fsp3) is 0.917. The molecule has 0 aromatic rings. The number of aliphatic hydroxyl groups excluding tert-OH is 1. The highest BCUT2D eigenvalue weighted by molar-refractivity contribution is 5.79. The van der Waals surface area contributed by atoms with Gasteiger partial charge in [-0.2, -0.15) is 0 Å². The number of rotatable bonds is 7. The van der Waals surface area contributed by atoms with Gasteiger partial charge in [0.15, 0.2) is 0 Å². The van der Waals surface area contributed by atoms with Crippen molar-refractivity contribution in [3.63, 3.8) is 0 Å². The summed E-state index contributed by atoms with van der Waals surface area (Å²) in [6.07, 6.45) is 4.02. The van der Waals surface area contributed by atoms with E-state index in [-0.39, 0.29) is 18.4 Å². The van der Waals surface area contributed by atoms with E-state index < -0.39 is 5.54 Å². The molecule has 0 fully saturated rings. The van der Waals surface area contributed by atoms with Crippen molar-refractivity contribution < 1.29 is 9.90 Å². The zero-order valence-electron chi connectivity index (χ0n) is 10.5. The molecule has 0 saturated heterocycles. The van der Waals surface area contributed by atoms with E-state index in [4.69, 9.17) is 5.11 Å². The smallest absolute Gasteiger partial charge is 0.223 e. The standard InChI is InChI=1S/C12H25NO2/c1-5-7-8-10(6-2)11(15)13-12(3,4)9-14/h10,14H,5-9H2,1-4H3,(H,13,15). The largest absolute Gasteiger partial charge is 0.394 e. The van der Waals surface area contributed by atoms with E-state index in [1.807, 2.05) is 20.8 Å². The first-order valence-electron chi connectivity index (χ1n) is 5.89. The Bertz CT molecular complexity index is 190. The van der Waals surface area contributed by atoms with Crippen LogP contribution >= 0.6 is 0 Å². The molecule has 1 atom stereocenters. The van der Waals surface area contributed by atoms with Gasteiger partial charge in [0, 0.05) is 5.92 Å². The number of aliphatic hydroxyl groups is 1. The molecule has 0 saturated carbocycles. The molecule has 0 spiro atoms. The lowest BCUT2D eigenvalue weighted by Gasteiger charge is -2.26. The SMILES string of the molecule is CCCCC(CC)C(=O)NC(C)(C)CO. The fourth-order valence-corrected chi connectivity index (χ4v) is 1.45. The van der Waals surface area contributed by atoms with Crippen molar-refractivity contribution in [1.82, 2.24) is 5.32 Å². The Morgan fingerprint density at radius 2 is 2.00 bits per heavy atom. The third kappa shape index (κ3) is 5.78. The minimum atomic E-state index is -0.503. The van der Waals surface area contributed by atoms with Gasteiger partial charge in [0.25, 0.3) is 0 Å². The molecule has 0 bridgehead atoms. The molecule has 0 heterocycles. The van der Waals surface area contributed by atoms with Crippen molar-refractivity contribution in [3.05, 3.63) is 0 Å². The van der Waals surface area contributed by atoms with Crippen molar-refractivity contribution in [1.29, 1.82) is 0 Å². The van der Waals surface area contributed by atoms with Crippen molar-refractivity contribution in [2.24, 2.45) is 5.92 Å². The van der Waals surface area contributed by atoms with Crippen LogP contribution in [0.1, 0.15) is 53.4 Å². The highest BCUT2D eigenvalue weighted by atomic mass is 16.3. The van der Waals surface area contributed by atoms with Crippen molar-refractivity contribution in [2.45, 2.75) is 58.9 Å². The summed E-state index contributed by atoms with van der Waals surface area (Å²) in [5, 5.41) is 11.9. The van der Waals surface area contributed by atoms with Crippen molar-refractivity contribution >= 4 is 5.91 Å². The summed E-state index contributed by atoms with van der Waals surface area (Å²) in [5.74, 6) is 0.167. The van der Waals surface area contributed by atoms with Crippen LogP contribution in [0.3, 0.4) is 0 Å². The molecule has 15 heavy (non-hydrogen) atoms. The molecule has 0 aliphatic heterocycles. The molecule has 1 amide bonds. The van der Waals surface area contributed by atoms with E-state index in [0.29, 0.717) is 0 Å². The number of unbranched alkanes of at least 4 members (excludes halogenated alkanes) is 1. The van der Waals surface area contributed by atoms with Crippen LogP contribution in [0.4, 0.5) is 0 Å². The summed E-state index contributed by atoms with van der Waals surface area (Å²) in [6, 6.07) is 0. The zero-order valence-corrected chi connectivity index (χ0v) is 10.5. The monoisotopic (exact) mass is 215 g/mol. The van der Waals surface area contributed by atoms with Crippen LogP contribution in [-0.2, 0) is 4.79 Å². The molecular formula is C12H25NO2. The first-order chi connectivity index (χ1) is 6.96. The van der Waals surface area contributed by atoms with Crippen LogP contribution in [0.25, 0.3) is 0 Å². The summed E-state index contributed by atoms with van der Waals surface area (Å²) in [6.45, 7) is 7.80. The molecule has 0 rings (SSSR count).